The Bertz CT molecular complexity index is 1080. The summed E-state index contributed by atoms with van der Waals surface area (Å²) in [5, 5.41) is 6.49. The lowest BCUT2D eigenvalue weighted by Crippen LogP contribution is -2.67. The summed E-state index contributed by atoms with van der Waals surface area (Å²) in [6.07, 6.45) is 2.31. The lowest BCUT2D eigenvalue weighted by Gasteiger charge is -2.52. The minimum Gasteiger partial charge on any atom is -0.378 e. The lowest BCUT2D eigenvalue weighted by atomic mass is 9.74. The quantitative estimate of drug-likeness (QED) is 0.668. The van der Waals surface area contributed by atoms with Gasteiger partial charge in [0, 0.05) is 25.2 Å². The van der Waals surface area contributed by atoms with Crippen LogP contribution in [-0.4, -0.2) is 73.2 Å². The van der Waals surface area contributed by atoms with Gasteiger partial charge >= 0.3 is 6.03 Å². The number of rotatable bonds is 5. The van der Waals surface area contributed by atoms with Crippen LogP contribution >= 0.6 is 0 Å². The van der Waals surface area contributed by atoms with Crippen molar-refractivity contribution < 1.29 is 14.3 Å². The molecule has 1 atom stereocenters. The molecule has 7 nitrogen and oxygen atoms in total. The number of hydrogen-bond acceptors (Lipinski definition) is 4. The Labute approximate surface area is 214 Å². The number of carbonyl (C=O) groups is 2. The topological polar surface area (TPSA) is 73.9 Å². The molecule has 4 heterocycles. The molecule has 6 rings (SSSR count). The average molecular weight is 491 g/mol. The summed E-state index contributed by atoms with van der Waals surface area (Å²) in [6, 6.07) is 16.0. The second-order valence-corrected chi connectivity index (χ2v) is 11.2. The van der Waals surface area contributed by atoms with Crippen molar-refractivity contribution in [2.24, 2.45) is 5.92 Å². The molecule has 2 aromatic rings. The van der Waals surface area contributed by atoms with Crippen molar-refractivity contribution in [1.82, 2.24) is 20.4 Å². The number of hydrogen-bond donors (Lipinski definition) is 2. The molecule has 4 aliphatic heterocycles. The highest BCUT2D eigenvalue weighted by Crippen LogP contribution is 2.35. The number of morpholine rings is 1. The first-order chi connectivity index (χ1) is 17.2. The highest BCUT2D eigenvalue weighted by molar-refractivity contribution is 5.94. The summed E-state index contributed by atoms with van der Waals surface area (Å²) in [7, 11) is 0. The first-order valence-corrected chi connectivity index (χ1v) is 13.1. The minimum atomic E-state index is -0.513. The van der Waals surface area contributed by atoms with E-state index in [9.17, 15) is 9.59 Å². The summed E-state index contributed by atoms with van der Waals surface area (Å²) < 4.78 is 5.34. The van der Waals surface area contributed by atoms with E-state index in [0.29, 0.717) is 37.8 Å². The summed E-state index contributed by atoms with van der Waals surface area (Å²) in [4.78, 5) is 30.0. The van der Waals surface area contributed by atoms with Crippen LogP contribution in [0.25, 0.3) is 11.1 Å². The number of nitrogens with zero attached hydrogens (tertiary/aromatic N) is 2. The third-order valence-electron chi connectivity index (χ3n) is 8.24. The molecule has 2 aromatic carbocycles. The van der Waals surface area contributed by atoms with Crippen molar-refractivity contribution >= 4 is 11.9 Å². The van der Waals surface area contributed by atoms with E-state index in [4.69, 9.17) is 4.74 Å². The van der Waals surface area contributed by atoms with Gasteiger partial charge < -0.3 is 25.2 Å². The Morgan fingerprint density at radius 3 is 2.06 bits per heavy atom. The van der Waals surface area contributed by atoms with Gasteiger partial charge in [-0.15, -0.1) is 0 Å². The van der Waals surface area contributed by atoms with Gasteiger partial charge in [-0.05, 0) is 81.4 Å². The van der Waals surface area contributed by atoms with Gasteiger partial charge in [-0.2, -0.15) is 0 Å². The van der Waals surface area contributed by atoms with Gasteiger partial charge in [0.25, 0.3) is 5.91 Å². The van der Waals surface area contributed by atoms with Gasteiger partial charge in [0.1, 0.15) is 0 Å². The molecule has 4 aliphatic rings. The van der Waals surface area contributed by atoms with Crippen LogP contribution in [0.1, 0.15) is 49.5 Å². The Balaban J connectivity index is 1.21. The maximum Gasteiger partial charge on any atom is 0.315 e. The Kier molecular flexibility index (Phi) is 6.79. The second-order valence-electron chi connectivity index (χ2n) is 11.2. The number of ether oxygens (including phenoxy) is 1. The summed E-state index contributed by atoms with van der Waals surface area (Å²) in [6.45, 7) is 12.0. The number of nitrogens with one attached hydrogen (secondary N) is 2. The fourth-order valence-electron chi connectivity index (χ4n) is 5.94. The number of amides is 3. The standard InChI is InChI=1S/C29H38N4O3/c1-28(2,30-27(35)31-29(3)20-32-14-12-25(29)13-15-32)24-10-8-22(9-11-24)21-4-6-23(7-5-21)26(34)33-16-18-36-19-17-33/h4-11,25H,12-20H2,1-3H3,(H2,30,31,35). The molecule has 0 spiro atoms. The van der Waals surface area contributed by atoms with Crippen LogP contribution in [0.2, 0.25) is 0 Å². The van der Waals surface area contributed by atoms with E-state index in [1.807, 2.05) is 43.0 Å². The summed E-state index contributed by atoms with van der Waals surface area (Å²) in [5.74, 6) is 0.601. The SMILES string of the molecule is CC(C)(NC(=O)NC1(C)CN2CCC1CC2)c1ccc(-c2ccc(C(=O)N3CCOCC3)cc2)cc1. The van der Waals surface area contributed by atoms with E-state index < -0.39 is 5.54 Å². The first kappa shape index (κ1) is 24.8. The number of benzene rings is 2. The van der Waals surface area contributed by atoms with E-state index >= 15 is 0 Å². The van der Waals surface area contributed by atoms with Crippen LogP contribution in [0.4, 0.5) is 4.79 Å². The molecule has 4 saturated heterocycles. The Hall–Kier alpha value is -2.90. The minimum absolute atomic E-state index is 0.0541. The van der Waals surface area contributed by atoms with E-state index in [1.165, 1.54) is 0 Å². The predicted octanol–water partition coefficient (Wildman–Crippen LogP) is 3.84. The highest BCUT2D eigenvalue weighted by Gasteiger charge is 2.44. The van der Waals surface area contributed by atoms with E-state index in [2.05, 4.69) is 46.7 Å². The maximum absolute atomic E-state index is 13.0. The molecule has 0 aromatic heterocycles. The molecule has 0 radical (unpaired) electrons. The molecule has 36 heavy (non-hydrogen) atoms. The molecule has 7 heteroatoms. The second kappa shape index (κ2) is 9.87. The molecule has 1 unspecified atom stereocenters. The number of fused-ring (bicyclic) bond motifs is 3. The van der Waals surface area contributed by atoms with Gasteiger partial charge in [-0.1, -0.05) is 36.4 Å². The largest absolute Gasteiger partial charge is 0.378 e. The van der Waals surface area contributed by atoms with Crippen LogP contribution in [-0.2, 0) is 10.3 Å². The molecule has 0 saturated carbocycles. The van der Waals surface area contributed by atoms with Crippen molar-refractivity contribution in [2.45, 2.75) is 44.7 Å². The van der Waals surface area contributed by atoms with E-state index in [0.717, 1.165) is 49.2 Å². The predicted molar refractivity (Wildman–Crippen MR) is 141 cm³/mol. The average Bonchev–Trinajstić information content (AvgIpc) is 2.89. The van der Waals surface area contributed by atoms with Crippen molar-refractivity contribution in [2.75, 3.05) is 45.9 Å². The molecule has 2 bridgehead atoms. The van der Waals surface area contributed by atoms with Crippen molar-refractivity contribution in [1.29, 1.82) is 0 Å². The van der Waals surface area contributed by atoms with Crippen LogP contribution in [0.3, 0.4) is 0 Å². The number of urea groups is 1. The number of piperidine rings is 3. The molecular weight excluding hydrogens is 452 g/mol. The van der Waals surface area contributed by atoms with Gasteiger partial charge in [0.05, 0.1) is 24.3 Å². The monoisotopic (exact) mass is 490 g/mol. The van der Waals surface area contributed by atoms with Gasteiger partial charge in [-0.25, -0.2) is 4.79 Å². The molecule has 4 fully saturated rings. The summed E-state index contributed by atoms with van der Waals surface area (Å²) in [5.41, 5.74) is 3.19. The van der Waals surface area contributed by atoms with Crippen LogP contribution in [0, 0.1) is 5.92 Å². The fourth-order valence-corrected chi connectivity index (χ4v) is 5.94. The third kappa shape index (κ3) is 5.13. The van der Waals surface area contributed by atoms with E-state index in [1.54, 1.807) is 0 Å². The Morgan fingerprint density at radius 1 is 0.917 bits per heavy atom. The van der Waals surface area contributed by atoms with Crippen molar-refractivity contribution in [3.63, 3.8) is 0 Å². The lowest BCUT2D eigenvalue weighted by molar-refractivity contribution is 0.0224. The number of carbonyl (C=O) groups excluding carboxylic acids is 2. The molecule has 192 valence electrons. The first-order valence-electron chi connectivity index (χ1n) is 13.1. The smallest absolute Gasteiger partial charge is 0.315 e. The molecular formula is C29H38N4O3. The Morgan fingerprint density at radius 2 is 1.50 bits per heavy atom. The van der Waals surface area contributed by atoms with Crippen LogP contribution in [0.5, 0.6) is 0 Å². The normalized spacial score (nSPS) is 25.9. The third-order valence-corrected chi connectivity index (χ3v) is 8.24. The fraction of sp³-hybridized carbons (Fsp3) is 0.517. The zero-order valence-corrected chi connectivity index (χ0v) is 21.7. The summed E-state index contributed by atoms with van der Waals surface area (Å²) >= 11 is 0. The zero-order chi connectivity index (χ0) is 25.3. The zero-order valence-electron chi connectivity index (χ0n) is 21.7. The molecule has 3 amide bonds. The molecule has 0 aliphatic carbocycles. The highest BCUT2D eigenvalue weighted by atomic mass is 16.5. The van der Waals surface area contributed by atoms with Gasteiger partial charge in [-0.3, -0.25) is 4.79 Å². The van der Waals surface area contributed by atoms with E-state index in [-0.39, 0.29) is 17.5 Å². The van der Waals surface area contributed by atoms with Crippen molar-refractivity contribution in [3.8, 4) is 11.1 Å². The van der Waals surface area contributed by atoms with Gasteiger partial charge in [0.2, 0.25) is 0 Å². The van der Waals surface area contributed by atoms with Crippen LogP contribution in [0.15, 0.2) is 48.5 Å². The van der Waals surface area contributed by atoms with Gasteiger partial charge in [0.15, 0.2) is 0 Å². The van der Waals surface area contributed by atoms with Crippen molar-refractivity contribution in [3.05, 3.63) is 59.7 Å². The van der Waals surface area contributed by atoms with Crippen LogP contribution < -0.4 is 10.6 Å². The maximum atomic E-state index is 13.0. The molecule has 2 N–H and O–H groups in total.